The molecule has 0 saturated heterocycles. The first kappa shape index (κ1) is 22.3. The van der Waals surface area contributed by atoms with E-state index >= 15 is 0 Å². The molecule has 5 rings (SSSR count). The molecule has 0 aliphatic rings. The van der Waals surface area contributed by atoms with Gasteiger partial charge in [-0.25, -0.2) is 9.59 Å². The third-order valence-electron chi connectivity index (χ3n) is 6.11. The Balaban J connectivity index is 1.72. The number of alkyl halides is 3. The summed E-state index contributed by atoms with van der Waals surface area (Å²) < 4.78 is 39.6. The molecule has 4 N–H and O–H groups in total. The third-order valence-corrected chi connectivity index (χ3v) is 6.11. The zero-order valence-electron chi connectivity index (χ0n) is 17.9. The highest BCUT2D eigenvalue weighted by molar-refractivity contribution is 5.97. The SMILES string of the molecule is O=C(O)c1ccc2c(C(c3ccc(C(F)(F)F)cc3)c3c[nH]c4cc(C(=O)O)ccc34)c[nH]c2c1. The summed E-state index contributed by atoms with van der Waals surface area (Å²) >= 11 is 0. The normalized spacial score (nSPS) is 12.0. The van der Waals surface area contributed by atoms with Gasteiger partial charge >= 0.3 is 18.1 Å². The van der Waals surface area contributed by atoms with Gasteiger partial charge in [0, 0.05) is 40.1 Å². The first-order valence-electron chi connectivity index (χ1n) is 10.5. The fraction of sp³-hybridized carbons (Fsp3) is 0.0769. The van der Waals surface area contributed by atoms with Crippen molar-refractivity contribution in [3.8, 4) is 0 Å². The number of aromatic carboxylic acids is 2. The molecule has 0 fully saturated rings. The van der Waals surface area contributed by atoms with E-state index in [-0.39, 0.29) is 11.1 Å². The van der Waals surface area contributed by atoms with Crippen molar-refractivity contribution >= 4 is 33.7 Å². The lowest BCUT2D eigenvalue weighted by molar-refractivity contribution is -0.137. The lowest BCUT2D eigenvalue weighted by Gasteiger charge is -2.18. The Morgan fingerprint density at radius 2 is 1.17 bits per heavy atom. The van der Waals surface area contributed by atoms with E-state index in [1.54, 1.807) is 24.5 Å². The fourth-order valence-corrected chi connectivity index (χ4v) is 4.43. The zero-order valence-corrected chi connectivity index (χ0v) is 17.9. The Hall–Kier alpha value is -4.53. The van der Waals surface area contributed by atoms with E-state index in [2.05, 4.69) is 9.97 Å². The van der Waals surface area contributed by atoms with Gasteiger partial charge in [0.2, 0.25) is 0 Å². The molecule has 0 unspecified atom stereocenters. The van der Waals surface area contributed by atoms with Crippen LogP contribution in [0.25, 0.3) is 21.8 Å². The van der Waals surface area contributed by atoms with E-state index in [9.17, 15) is 33.0 Å². The number of nitrogens with one attached hydrogen (secondary N) is 2. The minimum absolute atomic E-state index is 0.102. The minimum Gasteiger partial charge on any atom is -0.478 e. The smallest absolute Gasteiger partial charge is 0.416 e. The van der Waals surface area contributed by atoms with Crippen LogP contribution >= 0.6 is 0 Å². The van der Waals surface area contributed by atoms with E-state index in [0.717, 1.165) is 34.0 Å². The standard InChI is InChI=1S/C26H17F3N2O4/c27-26(28,29)16-5-1-13(2-6-16)23(19-11-30-21-9-14(24(32)33)3-7-17(19)21)20-12-31-22-10-15(25(34)35)4-8-18(20)22/h1-12,23,30-31H,(H,32,33)(H,34,35). The quantitative estimate of drug-likeness (QED) is 0.240. The molecule has 176 valence electrons. The molecule has 5 aromatic rings. The van der Waals surface area contributed by atoms with Crippen LogP contribution in [0.1, 0.15) is 48.9 Å². The Bertz CT molecular complexity index is 1510. The number of carboxylic acids is 2. The van der Waals surface area contributed by atoms with Crippen molar-refractivity contribution < 1.29 is 33.0 Å². The molecule has 2 aromatic heterocycles. The van der Waals surface area contributed by atoms with Crippen molar-refractivity contribution in [3.63, 3.8) is 0 Å². The molecular formula is C26H17F3N2O4. The van der Waals surface area contributed by atoms with E-state index in [0.29, 0.717) is 16.6 Å². The third kappa shape index (κ3) is 3.90. The van der Waals surface area contributed by atoms with E-state index in [1.807, 2.05) is 0 Å². The van der Waals surface area contributed by atoms with Gasteiger partial charge in [-0.15, -0.1) is 0 Å². The molecule has 2 heterocycles. The number of hydrogen-bond acceptors (Lipinski definition) is 2. The van der Waals surface area contributed by atoms with Crippen molar-refractivity contribution in [1.82, 2.24) is 9.97 Å². The van der Waals surface area contributed by atoms with Crippen LogP contribution in [-0.4, -0.2) is 32.1 Å². The highest BCUT2D eigenvalue weighted by Crippen LogP contribution is 2.40. The number of H-pyrrole nitrogens is 2. The average molecular weight is 478 g/mol. The van der Waals surface area contributed by atoms with Gasteiger partial charge in [-0.2, -0.15) is 13.2 Å². The fourth-order valence-electron chi connectivity index (χ4n) is 4.43. The van der Waals surface area contributed by atoms with Crippen LogP contribution in [0.15, 0.2) is 73.1 Å². The molecule has 0 bridgehead atoms. The summed E-state index contributed by atoms with van der Waals surface area (Å²) in [5.41, 5.74) is 2.64. The average Bonchev–Trinajstić information content (AvgIpc) is 3.43. The van der Waals surface area contributed by atoms with Gasteiger partial charge < -0.3 is 20.2 Å². The van der Waals surface area contributed by atoms with Crippen molar-refractivity contribution in [2.45, 2.75) is 12.1 Å². The summed E-state index contributed by atoms with van der Waals surface area (Å²) in [5.74, 6) is -2.67. The number of carboxylic acid groups (broad SMARTS) is 2. The van der Waals surface area contributed by atoms with Crippen LogP contribution < -0.4 is 0 Å². The van der Waals surface area contributed by atoms with Crippen molar-refractivity contribution in [2.75, 3.05) is 0 Å². The van der Waals surface area contributed by atoms with Gasteiger partial charge in [0.05, 0.1) is 16.7 Å². The maximum atomic E-state index is 13.2. The summed E-state index contributed by atoms with van der Waals surface area (Å²) in [6.07, 6.45) is -1.05. The van der Waals surface area contributed by atoms with Crippen molar-refractivity contribution in [3.05, 3.63) is 106 Å². The van der Waals surface area contributed by atoms with Crippen LogP contribution in [0, 0.1) is 0 Å². The number of aromatic nitrogens is 2. The maximum Gasteiger partial charge on any atom is 0.416 e. The largest absolute Gasteiger partial charge is 0.478 e. The van der Waals surface area contributed by atoms with E-state index in [4.69, 9.17) is 0 Å². The molecule has 0 radical (unpaired) electrons. The predicted octanol–water partition coefficient (Wildman–Crippen LogP) is 6.24. The Labute approximate surface area is 195 Å². The van der Waals surface area contributed by atoms with Crippen LogP contribution in [0.5, 0.6) is 0 Å². The molecule has 0 spiro atoms. The van der Waals surface area contributed by atoms with Crippen LogP contribution in [-0.2, 0) is 6.18 Å². The lowest BCUT2D eigenvalue weighted by Crippen LogP contribution is -2.07. The van der Waals surface area contributed by atoms with Crippen LogP contribution in [0.3, 0.4) is 0 Å². The lowest BCUT2D eigenvalue weighted by atomic mass is 9.84. The summed E-state index contributed by atoms with van der Waals surface area (Å²) in [5, 5.41) is 20.1. The molecule has 0 atom stereocenters. The molecule has 0 aliphatic heterocycles. The summed E-state index contributed by atoms with van der Waals surface area (Å²) in [4.78, 5) is 28.9. The summed E-state index contributed by atoms with van der Waals surface area (Å²) in [7, 11) is 0. The highest BCUT2D eigenvalue weighted by atomic mass is 19.4. The second-order valence-electron chi connectivity index (χ2n) is 8.17. The predicted molar refractivity (Wildman–Crippen MR) is 123 cm³/mol. The second kappa shape index (κ2) is 8.05. The number of rotatable bonds is 5. The van der Waals surface area contributed by atoms with E-state index < -0.39 is 29.6 Å². The number of aromatic amines is 2. The molecule has 0 aliphatic carbocycles. The molecule has 35 heavy (non-hydrogen) atoms. The van der Waals surface area contributed by atoms with Gasteiger partial charge in [-0.05, 0) is 53.1 Å². The molecular weight excluding hydrogens is 461 g/mol. The van der Waals surface area contributed by atoms with Gasteiger partial charge in [-0.3, -0.25) is 0 Å². The molecule has 3 aromatic carbocycles. The van der Waals surface area contributed by atoms with Crippen LogP contribution in [0.4, 0.5) is 13.2 Å². The van der Waals surface area contributed by atoms with E-state index in [1.165, 1.54) is 36.4 Å². The monoisotopic (exact) mass is 478 g/mol. The minimum atomic E-state index is -4.48. The number of hydrogen-bond donors (Lipinski definition) is 4. The highest BCUT2D eigenvalue weighted by Gasteiger charge is 2.31. The summed E-state index contributed by atoms with van der Waals surface area (Å²) in [6.45, 7) is 0. The number of halogens is 3. The number of fused-ring (bicyclic) bond motifs is 2. The van der Waals surface area contributed by atoms with Crippen LogP contribution in [0.2, 0.25) is 0 Å². The first-order valence-corrected chi connectivity index (χ1v) is 10.5. The number of carbonyl (C=O) groups is 2. The molecule has 6 nitrogen and oxygen atoms in total. The Morgan fingerprint density at radius 1 is 0.714 bits per heavy atom. The van der Waals surface area contributed by atoms with Gasteiger partial charge in [0.1, 0.15) is 0 Å². The first-order chi connectivity index (χ1) is 16.6. The zero-order chi connectivity index (χ0) is 24.9. The number of benzene rings is 3. The summed E-state index contributed by atoms with van der Waals surface area (Å²) in [6, 6.07) is 14.2. The van der Waals surface area contributed by atoms with Crippen molar-refractivity contribution in [2.24, 2.45) is 0 Å². The Morgan fingerprint density at radius 3 is 1.57 bits per heavy atom. The molecule has 0 saturated carbocycles. The van der Waals surface area contributed by atoms with Gasteiger partial charge in [0.15, 0.2) is 0 Å². The van der Waals surface area contributed by atoms with Crippen molar-refractivity contribution in [1.29, 1.82) is 0 Å². The molecule has 9 heteroatoms. The maximum absolute atomic E-state index is 13.2. The topological polar surface area (TPSA) is 106 Å². The van der Waals surface area contributed by atoms with Gasteiger partial charge in [0.25, 0.3) is 0 Å². The second-order valence-corrected chi connectivity index (χ2v) is 8.17. The molecule has 0 amide bonds. The van der Waals surface area contributed by atoms with Gasteiger partial charge in [-0.1, -0.05) is 24.3 Å². The Kier molecular flexibility index (Phi) is 5.12.